The number of fused-ring (bicyclic) bond motifs is 1. The van der Waals surface area contributed by atoms with Crippen molar-refractivity contribution in [1.82, 2.24) is 15.1 Å². The van der Waals surface area contributed by atoms with Crippen LogP contribution in [-0.2, 0) is 15.9 Å². The molecule has 0 radical (unpaired) electrons. The third kappa shape index (κ3) is 4.87. The first-order valence-electron chi connectivity index (χ1n) is 10.8. The Labute approximate surface area is 188 Å². The quantitative estimate of drug-likeness (QED) is 0.462. The molecule has 1 unspecified atom stereocenters. The number of likely N-dealkylation sites (N-methyl/N-ethyl adjacent to an activating group) is 1. The number of rotatable bonds is 7. The number of nitrogens with two attached hydrogens (primary N) is 1. The second-order valence-corrected chi connectivity index (χ2v) is 8.43. The number of amides is 1. The summed E-state index contributed by atoms with van der Waals surface area (Å²) >= 11 is 5.66. The van der Waals surface area contributed by atoms with Crippen LogP contribution in [0, 0.1) is 0 Å². The van der Waals surface area contributed by atoms with Crippen LogP contribution in [0.25, 0.3) is 0 Å². The summed E-state index contributed by atoms with van der Waals surface area (Å²) in [6, 6.07) is 6.00. The smallest absolute Gasteiger partial charge is 0.413 e. The lowest BCUT2D eigenvalue weighted by atomic mass is 10.1. The minimum absolute atomic E-state index is 0.0652. The first-order chi connectivity index (χ1) is 15.1. The lowest BCUT2D eigenvalue weighted by molar-refractivity contribution is -0.0497. The van der Waals surface area contributed by atoms with E-state index in [-0.39, 0.29) is 6.67 Å². The number of nitrogens with zero attached hydrogens (tertiary/aromatic N) is 3. The minimum Gasteiger partial charge on any atom is -0.490 e. The largest absolute Gasteiger partial charge is 0.490 e. The van der Waals surface area contributed by atoms with Crippen molar-refractivity contribution in [3.63, 3.8) is 0 Å². The summed E-state index contributed by atoms with van der Waals surface area (Å²) in [7, 11) is 2.08. The van der Waals surface area contributed by atoms with Crippen LogP contribution in [0.5, 0.6) is 5.75 Å². The van der Waals surface area contributed by atoms with E-state index in [2.05, 4.69) is 40.4 Å². The molecule has 1 aromatic carbocycles. The summed E-state index contributed by atoms with van der Waals surface area (Å²) in [5.74, 6) is 0.947. The van der Waals surface area contributed by atoms with E-state index in [1.165, 1.54) is 10.5 Å². The number of nitrogens with one attached hydrogen (secondary N) is 1. The molecule has 10 heteroatoms. The number of thiocarbonyl (C=S) groups is 1. The summed E-state index contributed by atoms with van der Waals surface area (Å²) in [6.07, 6.45) is 0.951. The van der Waals surface area contributed by atoms with Crippen molar-refractivity contribution >= 4 is 29.0 Å². The molecule has 0 aromatic heterocycles. The van der Waals surface area contributed by atoms with Crippen molar-refractivity contribution in [3.8, 4) is 5.75 Å². The fourth-order valence-corrected chi connectivity index (χ4v) is 4.58. The van der Waals surface area contributed by atoms with Crippen LogP contribution >= 0.6 is 12.2 Å². The van der Waals surface area contributed by atoms with Gasteiger partial charge in [0.05, 0.1) is 32.1 Å². The highest BCUT2D eigenvalue weighted by atomic mass is 32.1. The predicted octanol–water partition coefficient (Wildman–Crippen LogP) is 0.760. The van der Waals surface area contributed by atoms with Gasteiger partial charge >= 0.3 is 6.09 Å². The second kappa shape index (κ2) is 9.99. The molecule has 9 nitrogen and oxygen atoms in total. The molecule has 1 amide bonds. The highest BCUT2D eigenvalue weighted by molar-refractivity contribution is 7.80. The van der Waals surface area contributed by atoms with Gasteiger partial charge in [-0.05, 0) is 30.5 Å². The van der Waals surface area contributed by atoms with E-state index in [0.29, 0.717) is 44.4 Å². The Morgan fingerprint density at radius 1 is 1.26 bits per heavy atom. The van der Waals surface area contributed by atoms with Crippen molar-refractivity contribution in [2.24, 2.45) is 5.73 Å². The maximum absolute atomic E-state index is 12.3. The van der Waals surface area contributed by atoms with Gasteiger partial charge < -0.3 is 30.2 Å². The number of hydrogen-bond donors (Lipinski definition) is 2. The molecule has 3 aliphatic heterocycles. The van der Waals surface area contributed by atoms with Crippen LogP contribution in [0.2, 0.25) is 0 Å². The maximum Gasteiger partial charge on any atom is 0.413 e. The highest BCUT2D eigenvalue weighted by Crippen LogP contribution is 2.31. The van der Waals surface area contributed by atoms with Crippen LogP contribution in [0.15, 0.2) is 18.2 Å². The highest BCUT2D eigenvalue weighted by Gasteiger charge is 2.46. The zero-order valence-corrected chi connectivity index (χ0v) is 18.7. The minimum atomic E-state index is -0.435. The molecule has 31 heavy (non-hydrogen) atoms. The molecule has 3 N–H and O–H groups in total. The molecule has 0 saturated carbocycles. The topological polar surface area (TPSA) is 92.5 Å². The van der Waals surface area contributed by atoms with Crippen LogP contribution in [0.3, 0.4) is 0 Å². The van der Waals surface area contributed by atoms with Gasteiger partial charge in [-0.25, -0.2) is 4.79 Å². The van der Waals surface area contributed by atoms with E-state index < -0.39 is 18.4 Å². The summed E-state index contributed by atoms with van der Waals surface area (Å²) in [5.41, 5.74) is 8.19. The SMILES string of the molecule is CN1CCOc2cc(CCCNC(=S)C3[C@@H](N4CCOCC4)OC(=O)N3CN)ccc21. The number of cyclic esters (lactones) is 1. The van der Waals surface area contributed by atoms with Crippen LogP contribution < -0.4 is 20.7 Å². The number of carbonyl (C=O) groups is 1. The summed E-state index contributed by atoms with van der Waals surface area (Å²) < 4.78 is 16.8. The van der Waals surface area contributed by atoms with E-state index in [0.717, 1.165) is 30.8 Å². The van der Waals surface area contributed by atoms with Crippen molar-refractivity contribution in [2.45, 2.75) is 25.1 Å². The third-order valence-electron chi connectivity index (χ3n) is 5.99. The monoisotopic (exact) mass is 449 g/mol. The van der Waals surface area contributed by atoms with Gasteiger partial charge in [0.15, 0.2) is 6.23 Å². The van der Waals surface area contributed by atoms with Crippen molar-refractivity contribution in [3.05, 3.63) is 23.8 Å². The molecular weight excluding hydrogens is 418 g/mol. The Balaban J connectivity index is 1.31. The fourth-order valence-electron chi connectivity index (χ4n) is 4.23. The molecule has 2 fully saturated rings. The number of benzene rings is 1. The number of hydrogen-bond acceptors (Lipinski definition) is 8. The zero-order valence-electron chi connectivity index (χ0n) is 17.9. The van der Waals surface area contributed by atoms with Crippen molar-refractivity contribution in [1.29, 1.82) is 0 Å². The van der Waals surface area contributed by atoms with Gasteiger partial charge in [0.1, 0.15) is 23.4 Å². The standard InChI is InChI=1S/C21H31N5O4S/c1-24-7-12-29-17-13-15(4-5-16(17)24)3-2-6-23-19(31)18-20(25-8-10-28-11-9-25)30-21(27)26(18)14-22/h4-5,13,18,20H,2-3,6-12,14,22H2,1H3,(H,23,31)/t18?,20-/m0/s1. The van der Waals surface area contributed by atoms with E-state index in [9.17, 15) is 4.79 Å². The number of morpholine rings is 1. The lowest BCUT2D eigenvalue weighted by Gasteiger charge is -2.34. The van der Waals surface area contributed by atoms with Gasteiger partial charge in [0, 0.05) is 26.7 Å². The zero-order chi connectivity index (χ0) is 21.8. The molecule has 3 heterocycles. The molecule has 1 aromatic rings. The summed E-state index contributed by atoms with van der Waals surface area (Å²) in [4.78, 5) is 18.7. The summed E-state index contributed by atoms with van der Waals surface area (Å²) in [6.45, 7) is 5.02. The number of aryl methyl sites for hydroxylation is 1. The Morgan fingerprint density at radius 3 is 2.84 bits per heavy atom. The van der Waals surface area contributed by atoms with Gasteiger partial charge in [0.25, 0.3) is 0 Å². The molecule has 2 saturated heterocycles. The number of anilines is 1. The van der Waals surface area contributed by atoms with Crippen molar-refractivity contribution in [2.75, 3.05) is 64.6 Å². The molecular formula is C21H31N5O4S. The van der Waals surface area contributed by atoms with E-state index >= 15 is 0 Å². The average molecular weight is 450 g/mol. The van der Waals surface area contributed by atoms with Gasteiger partial charge in [-0.15, -0.1) is 0 Å². The van der Waals surface area contributed by atoms with E-state index in [1.54, 1.807) is 0 Å². The molecule has 170 valence electrons. The average Bonchev–Trinajstić information content (AvgIpc) is 3.13. The van der Waals surface area contributed by atoms with Crippen LogP contribution in [0.1, 0.15) is 12.0 Å². The second-order valence-electron chi connectivity index (χ2n) is 7.99. The Kier molecular flexibility index (Phi) is 7.11. The van der Waals surface area contributed by atoms with Gasteiger partial charge in [-0.1, -0.05) is 18.3 Å². The van der Waals surface area contributed by atoms with Crippen LogP contribution in [-0.4, -0.2) is 92.9 Å². The Hall–Kier alpha value is -2.14. The van der Waals surface area contributed by atoms with Crippen LogP contribution in [0.4, 0.5) is 10.5 Å². The van der Waals surface area contributed by atoms with Crippen molar-refractivity contribution < 1.29 is 19.0 Å². The van der Waals surface area contributed by atoms with E-state index in [1.807, 2.05) is 0 Å². The number of carbonyl (C=O) groups excluding carboxylic acids is 1. The van der Waals surface area contributed by atoms with Gasteiger partial charge in [-0.3, -0.25) is 9.80 Å². The molecule has 0 spiro atoms. The van der Waals surface area contributed by atoms with Gasteiger partial charge in [0.2, 0.25) is 0 Å². The first-order valence-corrected chi connectivity index (χ1v) is 11.2. The summed E-state index contributed by atoms with van der Waals surface area (Å²) in [5, 5.41) is 3.32. The molecule has 4 rings (SSSR count). The van der Waals surface area contributed by atoms with Gasteiger partial charge in [-0.2, -0.15) is 0 Å². The van der Waals surface area contributed by atoms with E-state index in [4.69, 9.17) is 32.2 Å². The molecule has 0 aliphatic carbocycles. The predicted molar refractivity (Wildman–Crippen MR) is 121 cm³/mol. The third-order valence-corrected chi connectivity index (χ3v) is 6.38. The molecule has 3 aliphatic rings. The number of ether oxygens (including phenoxy) is 3. The lowest BCUT2D eigenvalue weighted by Crippen LogP contribution is -2.56. The Bertz CT molecular complexity index is 804. The molecule has 0 bridgehead atoms. The fraction of sp³-hybridized carbons (Fsp3) is 0.619. The maximum atomic E-state index is 12.3. The Morgan fingerprint density at radius 2 is 2.06 bits per heavy atom. The molecule has 2 atom stereocenters. The normalized spacial score (nSPS) is 23.9. The first kappa shape index (κ1) is 22.1.